The highest BCUT2D eigenvalue weighted by Gasteiger charge is 2.22. The number of hydrogen-bond acceptors (Lipinski definition) is 1. The van der Waals surface area contributed by atoms with Crippen molar-refractivity contribution in [2.45, 2.75) is 52.4 Å². The molecule has 0 amide bonds. The van der Waals surface area contributed by atoms with Crippen molar-refractivity contribution in [3.63, 3.8) is 0 Å². The summed E-state index contributed by atoms with van der Waals surface area (Å²) >= 11 is 0. The Morgan fingerprint density at radius 1 is 0.852 bits per heavy atom. The number of hydrogen-bond donors (Lipinski definition) is 0. The van der Waals surface area contributed by atoms with Crippen LogP contribution in [0.3, 0.4) is 0 Å². The summed E-state index contributed by atoms with van der Waals surface area (Å²) < 4.78 is 0. The minimum absolute atomic E-state index is 0.335. The average molecular weight is 359 g/mol. The fraction of sp³-hybridized carbons (Fsp3) is 0.346. The van der Waals surface area contributed by atoms with Crippen LogP contribution in [0.15, 0.2) is 72.3 Å². The van der Waals surface area contributed by atoms with Gasteiger partial charge in [0, 0.05) is 18.8 Å². The van der Waals surface area contributed by atoms with Crippen LogP contribution in [0, 0.1) is 5.92 Å². The molecule has 0 saturated heterocycles. The van der Waals surface area contributed by atoms with Crippen LogP contribution < -0.4 is 0 Å². The predicted molar refractivity (Wildman–Crippen MR) is 115 cm³/mol. The van der Waals surface area contributed by atoms with Crippen LogP contribution in [-0.4, -0.2) is 5.78 Å². The van der Waals surface area contributed by atoms with Gasteiger partial charge in [-0.15, -0.1) is 0 Å². The van der Waals surface area contributed by atoms with Crippen LogP contribution in [0.2, 0.25) is 0 Å². The van der Waals surface area contributed by atoms with Crippen molar-refractivity contribution >= 4 is 11.4 Å². The highest BCUT2D eigenvalue weighted by Crippen LogP contribution is 2.38. The minimum Gasteiger partial charge on any atom is -0.299 e. The van der Waals surface area contributed by atoms with Crippen LogP contribution in [0.1, 0.15) is 56.2 Å². The molecule has 1 aliphatic carbocycles. The number of ketones is 1. The van der Waals surface area contributed by atoms with E-state index in [2.05, 4.69) is 80.6 Å². The van der Waals surface area contributed by atoms with Crippen LogP contribution in [0.5, 0.6) is 0 Å². The van der Waals surface area contributed by atoms with Crippen molar-refractivity contribution < 1.29 is 4.79 Å². The second kappa shape index (κ2) is 9.50. The molecule has 1 aliphatic rings. The third-order valence-corrected chi connectivity index (χ3v) is 5.47. The fourth-order valence-electron chi connectivity index (χ4n) is 4.01. The van der Waals surface area contributed by atoms with Gasteiger partial charge in [0.1, 0.15) is 5.78 Å². The maximum Gasteiger partial charge on any atom is 0.137 e. The molecule has 0 fully saturated rings. The molecule has 0 N–H and O–H groups in total. The van der Waals surface area contributed by atoms with E-state index in [1.807, 2.05) is 0 Å². The van der Waals surface area contributed by atoms with Gasteiger partial charge in [0.2, 0.25) is 0 Å². The first-order valence-electron chi connectivity index (χ1n) is 10.3. The molecule has 140 valence electrons. The summed E-state index contributed by atoms with van der Waals surface area (Å²) in [7, 11) is 0. The molecule has 3 rings (SSSR count). The molecule has 0 aromatic heterocycles. The number of aryl methyl sites for hydroxylation is 1. The Labute approximate surface area is 163 Å². The number of carbonyl (C=O) groups excluding carboxylic acids is 1. The molecule has 1 atom stereocenters. The van der Waals surface area contributed by atoms with E-state index in [1.54, 1.807) is 0 Å². The van der Waals surface area contributed by atoms with E-state index in [-0.39, 0.29) is 0 Å². The first kappa shape index (κ1) is 19.4. The third kappa shape index (κ3) is 5.07. The zero-order valence-corrected chi connectivity index (χ0v) is 16.6. The summed E-state index contributed by atoms with van der Waals surface area (Å²) in [4.78, 5) is 12.5. The van der Waals surface area contributed by atoms with Gasteiger partial charge in [0.05, 0.1) is 0 Å². The quantitative estimate of drug-likeness (QED) is 0.495. The van der Waals surface area contributed by atoms with E-state index in [0.717, 1.165) is 31.2 Å². The molecule has 0 bridgehead atoms. The zero-order chi connectivity index (χ0) is 19.1. The Balaban J connectivity index is 1.53. The lowest BCUT2D eigenvalue weighted by Gasteiger charge is -2.18. The largest absolute Gasteiger partial charge is 0.299 e. The molecule has 2 aromatic carbocycles. The summed E-state index contributed by atoms with van der Waals surface area (Å²) in [6.07, 6.45) is 9.89. The maximum atomic E-state index is 12.5. The second-order valence-electron chi connectivity index (χ2n) is 7.47. The van der Waals surface area contributed by atoms with E-state index in [9.17, 15) is 4.79 Å². The van der Waals surface area contributed by atoms with Crippen molar-refractivity contribution in [2.75, 3.05) is 0 Å². The summed E-state index contributed by atoms with van der Waals surface area (Å²) in [6, 6.07) is 19.2. The normalized spacial score (nSPS) is 16.1. The Kier molecular flexibility index (Phi) is 6.81. The molecule has 0 aliphatic heterocycles. The molecule has 27 heavy (non-hydrogen) atoms. The monoisotopic (exact) mass is 358 g/mol. The summed E-state index contributed by atoms with van der Waals surface area (Å²) in [5.41, 5.74) is 6.59. The van der Waals surface area contributed by atoms with Crippen LogP contribution in [0.25, 0.3) is 5.57 Å². The van der Waals surface area contributed by atoms with E-state index >= 15 is 0 Å². The number of Topliss-reactive ketones (excluding diaryl/α,β-unsaturated/α-hetero) is 1. The molecule has 1 unspecified atom stereocenters. The van der Waals surface area contributed by atoms with Crippen LogP contribution in [0.4, 0.5) is 0 Å². The fourth-order valence-corrected chi connectivity index (χ4v) is 4.01. The second-order valence-corrected chi connectivity index (χ2v) is 7.47. The number of carbonyl (C=O) groups is 1. The van der Waals surface area contributed by atoms with Gasteiger partial charge < -0.3 is 0 Å². The molecule has 0 saturated carbocycles. The molecule has 0 spiro atoms. The molecular formula is C26H30O. The highest BCUT2D eigenvalue weighted by molar-refractivity contribution is 5.81. The Morgan fingerprint density at radius 3 is 2.22 bits per heavy atom. The van der Waals surface area contributed by atoms with Gasteiger partial charge in [-0.2, -0.15) is 0 Å². The summed E-state index contributed by atoms with van der Waals surface area (Å²) in [5, 5.41) is 0. The number of allylic oxidation sites excluding steroid dienone is 4. The SMILES string of the molecule is CCCc1ccc(CC(=O)CCC2=CC=C(c3ccccc3)C2CC)cc1. The van der Waals surface area contributed by atoms with Gasteiger partial charge in [-0.25, -0.2) is 0 Å². The Hall–Kier alpha value is -2.41. The van der Waals surface area contributed by atoms with Gasteiger partial charge in [-0.1, -0.05) is 92.6 Å². The Bertz CT molecular complexity index is 809. The van der Waals surface area contributed by atoms with Gasteiger partial charge in [0.15, 0.2) is 0 Å². The lowest BCUT2D eigenvalue weighted by molar-refractivity contribution is -0.118. The third-order valence-electron chi connectivity index (χ3n) is 5.47. The topological polar surface area (TPSA) is 17.1 Å². The summed E-state index contributed by atoms with van der Waals surface area (Å²) in [5.74, 6) is 0.788. The minimum atomic E-state index is 0.335. The first-order valence-corrected chi connectivity index (χ1v) is 10.3. The number of rotatable bonds is 9. The van der Waals surface area contributed by atoms with E-state index in [4.69, 9.17) is 0 Å². The zero-order valence-electron chi connectivity index (χ0n) is 16.6. The first-order chi connectivity index (χ1) is 13.2. The maximum absolute atomic E-state index is 12.5. The van der Waals surface area contributed by atoms with Crippen molar-refractivity contribution in [2.24, 2.45) is 5.92 Å². The molecule has 2 aromatic rings. The van der Waals surface area contributed by atoms with E-state index in [0.29, 0.717) is 24.5 Å². The molecule has 0 radical (unpaired) electrons. The lowest BCUT2D eigenvalue weighted by Crippen LogP contribution is -2.07. The summed E-state index contributed by atoms with van der Waals surface area (Å²) in [6.45, 7) is 4.43. The lowest BCUT2D eigenvalue weighted by atomic mass is 9.86. The average Bonchev–Trinajstić information content (AvgIpc) is 3.12. The van der Waals surface area contributed by atoms with Gasteiger partial charge >= 0.3 is 0 Å². The smallest absolute Gasteiger partial charge is 0.137 e. The number of benzene rings is 2. The highest BCUT2D eigenvalue weighted by atomic mass is 16.1. The standard InChI is InChI=1S/C26H30O/c1-3-8-20-11-13-21(14-12-20)19-24(27)17-15-23-16-18-26(25(23)4-2)22-9-6-5-7-10-22/h5-7,9-14,16,18,25H,3-4,8,15,17,19H2,1-2H3. The van der Waals surface area contributed by atoms with Crippen molar-refractivity contribution in [3.05, 3.63) is 89.0 Å². The molecular weight excluding hydrogens is 328 g/mol. The Morgan fingerprint density at radius 2 is 1.56 bits per heavy atom. The molecule has 1 heteroatoms. The van der Waals surface area contributed by atoms with Crippen LogP contribution in [-0.2, 0) is 17.6 Å². The van der Waals surface area contributed by atoms with E-state index < -0.39 is 0 Å². The van der Waals surface area contributed by atoms with Crippen molar-refractivity contribution in [1.29, 1.82) is 0 Å². The van der Waals surface area contributed by atoms with Crippen molar-refractivity contribution in [1.82, 2.24) is 0 Å². The van der Waals surface area contributed by atoms with Crippen LogP contribution >= 0.6 is 0 Å². The predicted octanol–water partition coefficient (Wildman–Crippen LogP) is 6.58. The van der Waals surface area contributed by atoms with E-state index in [1.165, 1.54) is 22.3 Å². The van der Waals surface area contributed by atoms with Gasteiger partial charge in [-0.05, 0) is 41.5 Å². The van der Waals surface area contributed by atoms with Gasteiger partial charge in [0.25, 0.3) is 0 Å². The van der Waals surface area contributed by atoms with Crippen molar-refractivity contribution in [3.8, 4) is 0 Å². The molecule has 1 nitrogen and oxygen atoms in total. The van der Waals surface area contributed by atoms with Gasteiger partial charge in [-0.3, -0.25) is 4.79 Å². The molecule has 0 heterocycles.